The molecule has 0 aliphatic heterocycles. The molecule has 0 radical (unpaired) electrons. The van der Waals surface area contributed by atoms with Crippen LogP contribution in [0.2, 0.25) is 0 Å². The van der Waals surface area contributed by atoms with Crippen LogP contribution in [0.25, 0.3) is 11.1 Å². The molecule has 1 unspecified atom stereocenters. The number of benzene rings is 2. The van der Waals surface area contributed by atoms with Crippen LogP contribution in [0.5, 0.6) is 0 Å². The first-order valence-electron chi connectivity index (χ1n) is 4.76. The fraction of sp³-hybridized carbons (Fsp3) is 0. The van der Waals surface area contributed by atoms with Crippen LogP contribution in [0.4, 0.5) is 0 Å². The summed E-state index contributed by atoms with van der Waals surface area (Å²) >= 11 is 5.37. The van der Waals surface area contributed by atoms with Crippen molar-refractivity contribution in [3.63, 3.8) is 0 Å². The van der Waals surface area contributed by atoms with Crippen LogP contribution in [-0.2, 0) is 4.57 Å². The highest BCUT2D eigenvalue weighted by Crippen LogP contribution is 2.44. The van der Waals surface area contributed by atoms with Crippen molar-refractivity contribution in [1.82, 2.24) is 0 Å². The van der Waals surface area contributed by atoms with Crippen LogP contribution in [0.15, 0.2) is 54.6 Å². The molecule has 1 atom stereocenters. The monoisotopic (exact) mass is 252 g/mol. The smallest absolute Gasteiger partial charge is 0.317 e. The van der Waals surface area contributed by atoms with Gasteiger partial charge in [-0.25, -0.2) is 0 Å². The highest BCUT2D eigenvalue weighted by molar-refractivity contribution is 7.90. The van der Waals surface area contributed by atoms with Crippen LogP contribution >= 0.6 is 18.0 Å². The van der Waals surface area contributed by atoms with Crippen LogP contribution < -0.4 is 5.30 Å². The summed E-state index contributed by atoms with van der Waals surface area (Å²) in [4.78, 5) is 9.17. The summed E-state index contributed by atoms with van der Waals surface area (Å²) in [5.41, 5.74) is 2.06. The Kier molecular flexibility index (Phi) is 3.15. The maximum atomic E-state index is 11.2. The molecule has 0 saturated heterocycles. The van der Waals surface area contributed by atoms with Crippen molar-refractivity contribution in [1.29, 1.82) is 0 Å². The predicted molar refractivity (Wildman–Crippen MR) is 67.2 cm³/mol. The SMILES string of the molecule is O=P(O)(Cl)c1ccc(-c2ccccc2)cc1. The van der Waals surface area contributed by atoms with Crippen molar-refractivity contribution >= 4 is 23.3 Å². The van der Waals surface area contributed by atoms with E-state index in [4.69, 9.17) is 11.2 Å². The zero-order valence-corrected chi connectivity index (χ0v) is 10.0. The summed E-state index contributed by atoms with van der Waals surface area (Å²) in [7, 11) is 0. The molecule has 16 heavy (non-hydrogen) atoms. The molecule has 0 heterocycles. The third-order valence-corrected chi connectivity index (χ3v) is 3.81. The average Bonchev–Trinajstić information content (AvgIpc) is 2.29. The van der Waals surface area contributed by atoms with E-state index < -0.39 is 6.72 Å². The Hall–Kier alpha value is -1.08. The fourth-order valence-corrected chi connectivity index (χ4v) is 2.32. The van der Waals surface area contributed by atoms with Gasteiger partial charge in [-0.2, -0.15) is 0 Å². The Morgan fingerprint density at radius 1 is 0.875 bits per heavy atom. The van der Waals surface area contributed by atoms with Gasteiger partial charge in [0.1, 0.15) is 0 Å². The van der Waals surface area contributed by atoms with Gasteiger partial charge in [-0.3, -0.25) is 4.57 Å². The number of halogens is 1. The number of hydrogen-bond acceptors (Lipinski definition) is 1. The summed E-state index contributed by atoms with van der Waals surface area (Å²) in [6.07, 6.45) is 0. The Morgan fingerprint density at radius 3 is 1.88 bits per heavy atom. The van der Waals surface area contributed by atoms with Crippen molar-refractivity contribution in [2.24, 2.45) is 0 Å². The van der Waals surface area contributed by atoms with Crippen LogP contribution in [0.3, 0.4) is 0 Å². The van der Waals surface area contributed by atoms with E-state index in [9.17, 15) is 9.46 Å². The van der Waals surface area contributed by atoms with Crippen molar-refractivity contribution in [2.45, 2.75) is 0 Å². The van der Waals surface area contributed by atoms with Crippen molar-refractivity contribution in [2.75, 3.05) is 0 Å². The Labute approximate surface area is 98.8 Å². The second-order valence-corrected chi connectivity index (χ2v) is 6.31. The van der Waals surface area contributed by atoms with Crippen molar-refractivity contribution < 1.29 is 9.46 Å². The maximum Gasteiger partial charge on any atom is 0.317 e. The highest BCUT2D eigenvalue weighted by atomic mass is 35.7. The van der Waals surface area contributed by atoms with E-state index in [-0.39, 0.29) is 5.30 Å². The standard InChI is InChI=1S/C12H10ClO2P/c13-16(14,15)12-8-6-11(7-9-12)10-4-2-1-3-5-10/h1-9H,(H,14,15). The topological polar surface area (TPSA) is 37.3 Å². The van der Waals surface area contributed by atoms with Gasteiger partial charge in [0.2, 0.25) is 0 Å². The third-order valence-electron chi connectivity index (χ3n) is 2.29. The lowest BCUT2D eigenvalue weighted by molar-refractivity contribution is 0.506. The summed E-state index contributed by atoms with van der Waals surface area (Å²) < 4.78 is 11.2. The van der Waals surface area contributed by atoms with Gasteiger partial charge in [-0.15, -0.1) is 0 Å². The molecule has 0 amide bonds. The molecule has 0 aromatic heterocycles. The molecule has 1 N–H and O–H groups in total. The van der Waals surface area contributed by atoms with Crippen LogP contribution in [0.1, 0.15) is 0 Å². The first-order valence-corrected chi connectivity index (χ1v) is 7.32. The summed E-state index contributed by atoms with van der Waals surface area (Å²) in [5.74, 6) is 0. The maximum absolute atomic E-state index is 11.2. The minimum Gasteiger partial charge on any atom is -0.330 e. The lowest BCUT2D eigenvalue weighted by Gasteiger charge is -2.05. The molecule has 0 saturated carbocycles. The van der Waals surface area contributed by atoms with Gasteiger partial charge in [0.25, 0.3) is 0 Å². The number of rotatable bonds is 2. The first-order chi connectivity index (χ1) is 7.57. The molecule has 0 spiro atoms. The van der Waals surface area contributed by atoms with E-state index >= 15 is 0 Å². The minimum atomic E-state index is -3.66. The van der Waals surface area contributed by atoms with Gasteiger partial charge in [0.05, 0.1) is 5.30 Å². The molecule has 0 bridgehead atoms. The molecule has 0 aliphatic rings. The van der Waals surface area contributed by atoms with E-state index in [1.165, 1.54) is 0 Å². The number of hydrogen-bond donors (Lipinski definition) is 1. The minimum absolute atomic E-state index is 0.258. The van der Waals surface area contributed by atoms with Gasteiger partial charge in [-0.05, 0) is 34.5 Å². The molecule has 82 valence electrons. The first kappa shape index (κ1) is 11.4. The fourth-order valence-electron chi connectivity index (χ4n) is 1.47. The molecule has 0 fully saturated rings. The van der Waals surface area contributed by atoms with Crippen LogP contribution in [-0.4, -0.2) is 4.89 Å². The molecule has 2 aromatic rings. The second-order valence-electron chi connectivity index (χ2n) is 3.41. The summed E-state index contributed by atoms with van der Waals surface area (Å²) in [6.45, 7) is -3.66. The van der Waals surface area contributed by atoms with E-state index in [2.05, 4.69) is 0 Å². The van der Waals surface area contributed by atoms with Gasteiger partial charge < -0.3 is 4.89 Å². The molecule has 0 aliphatic carbocycles. The van der Waals surface area contributed by atoms with E-state index in [1.807, 2.05) is 30.3 Å². The van der Waals surface area contributed by atoms with Crippen LogP contribution in [0, 0.1) is 0 Å². The molecule has 2 nitrogen and oxygen atoms in total. The van der Waals surface area contributed by atoms with Gasteiger partial charge in [0.15, 0.2) is 0 Å². The van der Waals surface area contributed by atoms with Crippen molar-refractivity contribution in [3.05, 3.63) is 54.6 Å². The van der Waals surface area contributed by atoms with Gasteiger partial charge in [0, 0.05) is 0 Å². The third kappa shape index (κ3) is 2.53. The van der Waals surface area contributed by atoms with E-state index in [0.717, 1.165) is 11.1 Å². The Bertz CT molecular complexity index is 516. The van der Waals surface area contributed by atoms with E-state index in [1.54, 1.807) is 24.3 Å². The lowest BCUT2D eigenvalue weighted by atomic mass is 10.1. The molecular weight excluding hydrogens is 243 g/mol. The van der Waals surface area contributed by atoms with Gasteiger partial charge >= 0.3 is 6.72 Å². The average molecular weight is 253 g/mol. The Morgan fingerprint density at radius 2 is 1.38 bits per heavy atom. The zero-order valence-electron chi connectivity index (χ0n) is 8.38. The Balaban J connectivity index is 2.38. The highest BCUT2D eigenvalue weighted by Gasteiger charge is 2.16. The lowest BCUT2D eigenvalue weighted by Crippen LogP contribution is -1.98. The molecular formula is C12H10ClO2P. The van der Waals surface area contributed by atoms with E-state index in [0.29, 0.717) is 0 Å². The normalized spacial score (nSPS) is 14.4. The zero-order chi connectivity index (χ0) is 11.6. The van der Waals surface area contributed by atoms with Gasteiger partial charge in [-0.1, -0.05) is 42.5 Å². The molecule has 2 aromatic carbocycles. The summed E-state index contributed by atoms with van der Waals surface area (Å²) in [5, 5.41) is 0.258. The molecule has 2 rings (SSSR count). The molecule has 4 heteroatoms. The van der Waals surface area contributed by atoms with Crippen molar-refractivity contribution in [3.8, 4) is 11.1 Å². The second kappa shape index (κ2) is 4.42. The largest absolute Gasteiger partial charge is 0.330 e. The summed E-state index contributed by atoms with van der Waals surface area (Å²) in [6, 6.07) is 16.5. The predicted octanol–water partition coefficient (Wildman–Crippen LogP) is 3.40. The quantitative estimate of drug-likeness (QED) is 0.832.